The second-order valence-corrected chi connectivity index (χ2v) is 5.84. The van der Waals surface area contributed by atoms with E-state index in [0.29, 0.717) is 13.1 Å². The minimum absolute atomic E-state index is 0.154. The normalized spacial score (nSPS) is 11.8. The summed E-state index contributed by atoms with van der Waals surface area (Å²) in [6, 6.07) is -0.154. The van der Waals surface area contributed by atoms with E-state index < -0.39 is 0 Å². The third kappa shape index (κ3) is 13.2. The van der Waals surface area contributed by atoms with Crippen molar-refractivity contribution in [1.29, 1.82) is 0 Å². The maximum absolute atomic E-state index is 11.3. The Bertz CT molecular complexity index is 427. The first-order chi connectivity index (χ1) is 10.5. The lowest BCUT2D eigenvalue weighted by Crippen LogP contribution is -2.35. The van der Waals surface area contributed by atoms with E-state index in [1.165, 1.54) is 16.7 Å². The second-order valence-electron chi connectivity index (χ2n) is 5.84. The predicted octanol–water partition coefficient (Wildman–Crippen LogP) is 4.89. The van der Waals surface area contributed by atoms with Crippen molar-refractivity contribution in [2.45, 2.75) is 53.4 Å². The molecule has 0 aliphatic heterocycles. The highest BCUT2D eigenvalue weighted by atomic mass is 16.2. The third-order valence-electron chi connectivity index (χ3n) is 3.24. The molecule has 0 radical (unpaired) electrons. The first kappa shape index (κ1) is 20.2. The van der Waals surface area contributed by atoms with E-state index in [-0.39, 0.29) is 6.03 Å². The van der Waals surface area contributed by atoms with Crippen molar-refractivity contribution >= 4 is 6.03 Å². The average Bonchev–Trinajstić information content (AvgIpc) is 2.44. The van der Waals surface area contributed by atoms with Gasteiger partial charge < -0.3 is 10.6 Å². The average molecular weight is 304 g/mol. The molecule has 0 unspecified atom stereocenters. The van der Waals surface area contributed by atoms with Crippen LogP contribution in [0, 0.1) is 0 Å². The second kappa shape index (κ2) is 12.9. The summed E-state index contributed by atoms with van der Waals surface area (Å²) in [6.07, 6.45) is 12.7. The zero-order valence-corrected chi connectivity index (χ0v) is 14.7. The maximum Gasteiger partial charge on any atom is 0.315 e. The highest BCUT2D eigenvalue weighted by Crippen LogP contribution is 2.11. The number of allylic oxidation sites excluding steroid dienone is 5. The molecule has 0 saturated heterocycles. The number of urea groups is 1. The Hall–Kier alpha value is -1.77. The monoisotopic (exact) mass is 304 g/mol. The van der Waals surface area contributed by atoms with Gasteiger partial charge in [0.1, 0.15) is 0 Å². The number of nitrogens with one attached hydrogen (secondary N) is 2. The molecule has 0 aromatic carbocycles. The number of hydrogen-bond acceptors (Lipinski definition) is 1. The molecule has 0 saturated carbocycles. The summed E-state index contributed by atoms with van der Waals surface area (Å²) in [5.74, 6) is 0. The molecule has 0 rings (SSSR count). The number of amides is 2. The van der Waals surface area contributed by atoms with Crippen LogP contribution in [0.1, 0.15) is 53.4 Å². The summed E-state index contributed by atoms with van der Waals surface area (Å²) in [5, 5.41) is 5.47. The van der Waals surface area contributed by atoms with Gasteiger partial charge in [0.25, 0.3) is 0 Å². The molecule has 124 valence electrons. The third-order valence-corrected chi connectivity index (χ3v) is 3.24. The summed E-state index contributed by atoms with van der Waals surface area (Å²) in [7, 11) is 0. The fourth-order valence-corrected chi connectivity index (χ4v) is 1.88. The van der Waals surface area contributed by atoms with Gasteiger partial charge in [-0.2, -0.15) is 0 Å². The van der Waals surface area contributed by atoms with E-state index in [9.17, 15) is 4.79 Å². The van der Waals surface area contributed by atoms with Crippen molar-refractivity contribution in [2.24, 2.45) is 0 Å². The van der Waals surface area contributed by atoms with Gasteiger partial charge in [0.15, 0.2) is 0 Å². The van der Waals surface area contributed by atoms with Crippen molar-refractivity contribution < 1.29 is 4.79 Å². The number of rotatable bonds is 10. The van der Waals surface area contributed by atoms with Gasteiger partial charge in [0.05, 0.1) is 0 Å². The highest BCUT2D eigenvalue weighted by molar-refractivity contribution is 5.74. The molecule has 22 heavy (non-hydrogen) atoms. The topological polar surface area (TPSA) is 41.1 Å². The maximum atomic E-state index is 11.3. The molecule has 0 aliphatic carbocycles. The van der Waals surface area contributed by atoms with Crippen molar-refractivity contribution in [3.05, 3.63) is 47.6 Å². The Labute approximate surface area is 136 Å². The fraction of sp³-hybridized carbons (Fsp3) is 0.526. The minimum Gasteiger partial charge on any atom is -0.335 e. The Morgan fingerprint density at radius 2 is 1.41 bits per heavy atom. The fourth-order valence-electron chi connectivity index (χ4n) is 1.88. The van der Waals surface area contributed by atoms with Crippen molar-refractivity contribution in [1.82, 2.24) is 10.6 Å². The van der Waals surface area contributed by atoms with Crippen LogP contribution in [0.3, 0.4) is 0 Å². The van der Waals surface area contributed by atoms with Gasteiger partial charge in [-0.25, -0.2) is 4.79 Å². The van der Waals surface area contributed by atoms with Gasteiger partial charge >= 0.3 is 6.03 Å². The van der Waals surface area contributed by atoms with Crippen LogP contribution in [0.25, 0.3) is 0 Å². The largest absolute Gasteiger partial charge is 0.335 e. The predicted molar refractivity (Wildman–Crippen MR) is 97.0 cm³/mol. The molecule has 0 aliphatic rings. The first-order valence-corrected chi connectivity index (χ1v) is 8.03. The molecule has 2 N–H and O–H groups in total. The zero-order valence-electron chi connectivity index (χ0n) is 14.7. The molecule has 3 heteroatoms. The lowest BCUT2D eigenvalue weighted by atomic mass is 10.1. The van der Waals surface area contributed by atoms with Gasteiger partial charge in [-0.3, -0.25) is 0 Å². The van der Waals surface area contributed by atoms with Crippen LogP contribution in [0.4, 0.5) is 4.79 Å². The smallest absolute Gasteiger partial charge is 0.315 e. The van der Waals surface area contributed by atoms with E-state index in [0.717, 1.165) is 25.7 Å². The summed E-state index contributed by atoms with van der Waals surface area (Å²) in [5.41, 5.74) is 4.14. The van der Waals surface area contributed by atoms with Crippen molar-refractivity contribution in [3.8, 4) is 0 Å². The SMILES string of the molecule is C=CCNC(=O)NC/C=C(\C)CC/C=C(\C)CCC=C(C)C. The van der Waals surface area contributed by atoms with E-state index >= 15 is 0 Å². The van der Waals surface area contributed by atoms with Gasteiger partial charge in [-0.15, -0.1) is 6.58 Å². The van der Waals surface area contributed by atoms with E-state index in [1.807, 2.05) is 0 Å². The van der Waals surface area contributed by atoms with Crippen LogP contribution in [-0.4, -0.2) is 19.1 Å². The zero-order chi connectivity index (χ0) is 16.8. The van der Waals surface area contributed by atoms with Gasteiger partial charge in [-0.05, 0) is 53.4 Å². The van der Waals surface area contributed by atoms with Crippen LogP contribution in [0.5, 0.6) is 0 Å². The lowest BCUT2D eigenvalue weighted by Gasteiger charge is -2.04. The van der Waals surface area contributed by atoms with Gasteiger partial charge in [-0.1, -0.05) is 41.0 Å². The number of carbonyl (C=O) groups excluding carboxylic acids is 1. The quantitative estimate of drug-likeness (QED) is 0.554. The Balaban J connectivity index is 3.89. The standard InChI is InChI=1S/C19H32N2O/c1-6-14-20-19(22)21-15-13-18(5)12-8-11-17(4)10-7-9-16(2)3/h6,9,11,13H,1,7-8,10,12,14-15H2,2-5H3,(H2,20,21,22)/b17-11+,18-13+. The van der Waals surface area contributed by atoms with E-state index in [4.69, 9.17) is 0 Å². The molecule has 0 aromatic rings. The summed E-state index contributed by atoms with van der Waals surface area (Å²) >= 11 is 0. The van der Waals surface area contributed by atoms with Gasteiger partial charge in [0.2, 0.25) is 0 Å². The molecular weight excluding hydrogens is 272 g/mol. The van der Waals surface area contributed by atoms with Crippen molar-refractivity contribution in [2.75, 3.05) is 13.1 Å². The summed E-state index contributed by atoms with van der Waals surface area (Å²) in [4.78, 5) is 11.3. The minimum atomic E-state index is -0.154. The van der Waals surface area contributed by atoms with Crippen LogP contribution in [-0.2, 0) is 0 Å². The summed E-state index contributed by atoms with van der Waals surface area (Å²) < 4.78 is 0. The van der Waals surface area contributed by atoms with Crippen molar-refractivity contribution in [3.63, 3.8) is 0 Å². The summed E-state index contributed by atoms with van der Waals surface area (Å²) in [6.45, 7) is 13.2. The molecule has 0 fully saturated rings. The highest BCUT2D eigenvalue weighted by Gasteiger charge is 1.95. The van der Waals surface area contributed by atoms with Crippen LogP contribution in [0.2, 0.25) is 0 Å². The van der Waals surface area contributed by atoms with Crippen LogP contribution < -0.4 is 10.6 Å². The van der Waals surface area contributed by atoms with Crippen LogP contribution in [0.15, 0.2) is 47.6 Å². The molecule has 0 atom stereocenters. The van der Waals surface area contributed by atoms with Gasteiger partial charge in [0, 0.05) is 13.1 Å². The van der Waals surface area contributed by atoms with E-state index in [2.05, 4.69) is 63.1 Å². The molecule has 0 spiro atoms. The number of carbonyl (C=O) groups is 1. The Morgan fingerprint density at radius 1 is 0.864 bits per heavy atom. The molecule has 0 bridgehead atoms. The molecular formula is C19H32N2O. The van der Waals surface area contributed by atoms with E-state index in [1.54, 1.807) is 6.08 Å². The van der Waals surface area contributed by atoms with Crippen LogP contribution >= 0.6 is 0 Å². The Morgan fingerprint density at radius 3 is 2.00 bits per heavy atom. The first-order valence-electron chi connectivity index (χ1n) is 8.03. The molecule has 0 aromatic heterocycles. The lowest BCUT2D eigenvalue weighted by molar-refractivity contribution is 0.243. The Kier molecular flexibility index (Phi) is 11.9. The molecule has 2 amide bonds. The molecule has 0 heterocycles. The number of hydrogen-bond donors (Lipinski definition) is 2. The molecule has 3 nitrogen and oxygen atoms in total.